The quantitative estimate of drug-likeness (QED) is 0.695. The van der Waals surface area contributed by atoms with Gasteiger partial charge in [-0.2, -0.15) is 13.2 Å². The Morgan fingerprint density at radius 2 is 1.71 bits per heavy atom. The van der Waals surface area contributed by atoms with E-state index < -0.39 is 11.7 Å². The Morgan fingerprint density at radius 1 is 0.958 bits per heavy atom. The van der Waals surface area contributed by atoms with Gasteiger partial charge in [0, 0.05) is 16.9 Å². The number of rotatable bonds is 3. The maximum absolute atomic E-state index is 12.8. The minimum Gasteiger partial charge on any atom is -0.399 e. The Kier molecular flexibility index (Phi) is 4.07. The average molecular weight is 330 g/mol. The van der Waals surface area contributed by atoms with Gasteiger partial charge in [-0.25, -0.2) is 4.98 Å². The summed E-state index contributed by atoms with van der Waals surface area (Å²) in [6.07, 6.45) is -1.38. The van der Waals surface area contributed by atoms with Crippen LogP contribution in [0.1, 0.15) is 5.56 Å². The second kappa shape index (κ2) is 6.19. The molecule has 0 atom stereocenters. The Labute approximate surface area is 136 Å². The Balaban J connectivity index is 1.86. The second-order valence-corrected chi connectivity index (χ2v) is 5.12. The largest absolute Gasteiger partial charge is 0.416 e. The van der Waals surface area contributed by atoms with Gasteiger partial charge < -0.3 is 11.1 Å². The van der Waals surface area contributed by atoms with Crippen molar-refractivity contribution < 1.29 is 13.2 Å². The third kappa shape index (κ3) is 3.62. The summed E-state index contributed by atoms with van der Waals surface area (Å²) >= 11 is 0. The van der Waals surface area contributed by atoms with Crippen molar-refractivity contribution in [2.75, 3.05) is 11.1 Å². The Hall–Kier alpha value is -3.09. The number of benzene rings is 2. The number of hydrogen-bond acceptors (Lipinski definition) is 4. The van der Waals surface area contributed by atoms with Crippen molar-refractivity contribution in [1.82, 2.24) is 9.97 Å². The highest BCUT2D eigenvalue weighted by Gasteiger charge is 2.30. The van der Waals surface area contributed by atoms with Crippen LogP contribution in [0.3, 0.4) is 0 Å². The molecule has 0 aliphatic rings. The number of nitrogen functional groups attached to an aromatic ring is 1. The van der Waals surface area contributed by atoms with E-state index in [0.717, 1.165) is 17.7 Å². The molecule has 0 aliphatic heterocycles. The lowest BCUT2D eigenvalue weighted by Crippen LogP contribution is -2.05. The highest BCUT2D eigenvalue weighted by atomic mass is 19.4. The molecule has 0 amide bonds. The van der Waals surface area contributed by atoms with E-state index in [2.05, 4.69) is 15.3 Å². The van der Waals surface area contributed by atoms with Crippen LogP contribution in [0.15, 0.2) is 60.9 Å². The van der Waals surface area contributed by atoms with E-state index in [0.29, 0.717) is 17.2 Å². The lowest BCUT2D eigenvalue weighted by molar-refractivity contribution is -0.137. The lowest BCUT2D eigenvalue weighted by atomic mass is 10.1. The van der Waals surface area contributed by atoms with Crippen LogP contribution < -0.4 is 11.1 Å². The van der Waals surface area contributed by atoms with Crippen molar-refractivity contribution in [1.29, 1.82) is 0 Å². The fourth-order valence-electron chi connectivity index (χ4n) is 2.14. The average Bonchev–Trinajstić information content (AvgIpc) is 2.55. The topological polar surface area (TPSA) is 63.8 Å². The molecule has 1 aromatic heterocycles. The molecule has 0 radical (unpaired) electrons. The van der Waals surface area contributed by atoms with Gasteiger partial charge in [0.1, 0.15) is 5.82 Å². The van der Waals surface area contributed by atoms with Crippen molar-refractivity contribution in [3.63, 3.8) is 0 Å². The summed E-state index contributed by atoms with van der Waals surface area (Å²) in [7, 11) is 0. The van der Waals surface area contributed by atoms with E-state index >= 15 is 0 Å². The number of halogens is 3. The van der Waals surface area contributed by atoms with E-state index in [9.17, 15) is 13.2 Å². The van der Waals surface area contributed by atoms with Gasteiger partial charge in [-0.1, -0.05) is 18.2 Å². The number of alkyl halides is 3. The number of hydrogen-bond donors (Lipinski definition) is 2. The second-order valence-electron chi connectivity index (χ2n) is 5.12. The summed E-state index contributed by atoms with van der Waals surface area (Å²) in [6, 6.07) is 12.0. The number of nitrogens with zero attached hydrogens (tertiary/aromatic N) is 2. The molecule has 24 heavy (non-hydrogen) atoms. The zero-order valence-electron chi connectivity index (χ0n) is 12.4. The predicted octanol–water partition coefficient (Wildman–Crippen LogP) is 4.49. The SMILES string of the molecule is Nc1ccc(-c2cncc(Nc3cccc(C(F)(F)F)c3)n2)cc1. The van der Waals surface area contributed by atoms with Gasteiger partial charge in [-0.15, -0.1) is 0 Å². The third-order valence-electron chi connectivity index (χ3n) is 3.30. The summed E-state index contributed by atoms with van der Waals surface area (Å²) in [5, 5.41) is 2.84. The summed E-state index contributed by atoms with van der Waals surface area (Å²) in [4.78, 5) is 8.44. The minimum absolute atomic E-state index is 0.286. The molecule has 0 fully saturated rings. The first kappa shape index (κ1) is 15.8. The first-order valence-corrected chi connectivity index (χ1v) is 7.04. The van der Waals surface area contributed by atoms with Gasteiger partial charge in [0.15, 0.2) is 0 Å². The van der Waals surface area contributed by atoms with E-state index in [1.54, 1.807) is 30.5 Å². The molecule has 122 valence electrons. The molecule has 0 saturated heterocycles. The molecular weight excluding hydrogens is 317 g/mol. The molecule has 0 saturated carbocycles. The van der Waals surface area contributed by atoms with Crippen molar-refractivity contribution in [3.05, 3.63) is 66.5 Å². The van der Waals surface area contributed by atoms with Gasteiger partial charge >= 0.3 is 6.18 Å². The van der Waals surface area contributed by atoms with Crippen LogP contribution in [0, 0.1) is 0 Å². The van der Waals surface area contributed by atoms with E-state index in [4.69, 9.17) is 5.73 Å². The first-order valence-electron chi connectivity index (χ1n) is 7.04. The zero-order valence-corrected chi connectivity index (χ0v) is 12.4. The van der Waals surface area contributed by atoms with Crippen LogP contribution in [0.25, 0.3) is 11.3 Å². The Morgan fingerprint density at radius 3 is 2.42 bits per heavy atom. The van der Waals surface area contributed by atoms with Crippen LogP contribution >= 0.6 is 0 Å². The Bertz CT molecular complexity index is 845. The van der Waals surface area contributed by atoms with Crippen molar-refractivity contribution >= 4 is 17.2 Å². The summed E-state index contributed by atoms with van der Waals surface area (Å²) in [5.74, 6) is 0.351. The number of nitrogens with two attached hydrogens (primary N) is 1. The standard InChI is InChI=1S/C17H13F3N4/c18-17(19,20)12-2-1-3-14(8-12)23-16-10-22-9-15(24-16)11-4-6-13(21)7-5-11/h1-10H,21H2,(H,23,24). The van der Waals surface area contributed by atoms with Crippen molar-refractivity contribution in [2.24, 2.45) is 0 Å². The molecule has 0 spiro atoms. The third-order valence-corrected chi connectivity index (χ3v) is 3.30. The minimum atomic E-state index is -4.39. The highest BCUT2D eigenvalue weighted by Crippen LogP contribution is 2.31. The molecule has 0 unspecified atom stereocenters. The first-order chi connectivity index (χ1) is 11.4. The van der Waals surface area contributed by atoms with Gasteiger partial charge in [-0.3, -0.25) is 4.98 Å². The fraction of sp³-hybridized carbons (Fsp3) is 0.0588. The summed E-state index contributed by atoms with van der Waals surface area (Å²) < 4.78 is 38.3. The van der Waals surface area contributed by atoms with Crippen LogP contribution in [0.4, 0.5) is 30.4 Å². The molecule has 4 nitrogen and oxygen atoms in total. The van der Waals surface area contributed by atoms with E-state index in [-0.39, 0.29) is 5.69 Å². The number of anilines is 3. The molecule has 2 aromatic carbocycles. The molecule has 1 heterocycles. The predicted molar refractivity (Wildman–Crippen MR) is 86.6 cm³/mol. The zero-order chi connectivity index (χ0) is 17.2. The molecule has 0 aliphatic carbocycles. The van der Waals surface area contributed by atoms with Crippen LogP contribution in [-0.4, -0.2) is 9.97 Å². The van der Waals surface area contributed by atoms with Gasteiger partial charge in [0.25, 0.3) is 0 Å². The van der Waals surface area contributed by atoms with Crippen molar-refractivity contribution in [3.8, 4) is 11.3 Å². The number of aromatic nitrogens is 2. The normalized spacial score (nSPS) is 11.3. The molecule has 3 N–H and O–H groups in total. The van der Waals surface area contributed by atoms with Gasteiger partial charge in [0.2, 0.25) is 0 Å². The summed E-state index contributed by atoms with van der Waals surface area (Å²) in [6.45, 7) is 0. The van der Waals surface area contributed by atoms with Crippen LogP contribution in [0.2, 0.25) is 0 Å². The monoisotopic (exact) mass is 330 g/mol. The smallest absolute Gasteiger partial charge is 0.399 e. The molecule has 0 bridgehead atoms. The highest BCUT2D eigenvalue weighted by molar-refractivity contribution is 5.64. The fourth-order valence-corrected chi connectivity index (χ4v) is 2.14. The van der Waals surface area contributed by atoms with Crippen molar-refractivity contribution in [2.45, 2.75) is 6.18 Å². The molecule has 3 aromatic rings. The number of nitrogens with one attached hydrogen (secondary N) is 1. The van der Waals surface area contributed by atoms with E-state index in [1.807, 2.05) is 0 Å². The van der Waals surface area contributed by atoms with Gasteiger partial charge in [-0.05, 0) is 30.3 Å². The molecular formula is C17H13F3N4. The van der Waals surface area contributed by atoms with E-state index in [1.165, 1.54) is 18.3 Å². The van der Waals surface area contributed by atoms with Gasteiger partial charge in [0.05, 0.1) is 23.7 Å². The molecule has 3 rings (SSSR count). The van der Waals surface area contributed by atoms with Crippen LogP contribution in [-0.2, 0) is 6.18 Å². The van der Waals surface area contributed by atoms with Crippen LogP contribution in [0.5, 0.6) is 0 Å². The lowest BCUT2D eigenvalue weighted by Gasteiger charge is -2.10. The maximum atomic E-state index is 12.8. The summed E-state index contributed by atoms with van der Waals surface area (Å²) in [5.41, 5.74) is 7.23. The molecule has 7 heteroatoms. The maximum Gasteiger partial charge on any atom is 0.416 e.